The van der Waals surface area contributed by atoms with E-state index >= 15 is 0 Å². The van der Waals surface area contributed by atoms with Gasteiger partial charge in [-0.25, -0.2) is 0 Å². The van der Waals surface area contributed by atoms with Crippen molar-refractivity contribution in [3.05, 3.63) is 18.2 Å². The average molecular weight is 486 g/mol. The zero-order chi connectivity index (χ0) is 24.1. The molecular formula is C23H29F3N2O6. The molecule has 2 unspecified atom stereocenters. The van der Waals surface area contributed by atoms with Crippen LogP contribution in [-0.4, -0.2) is 72.9 Å². The quantitative estimate of drug-likeness (QED) is 0.566. The molecule has 34 heavy (non-hydrogen) atoms. The molecule has 4 rings (SSSR count). The lowest BCUT2D eigenvalue weighted by Crippen LogP contribution is -2.38. The summed E-state index contributed by atoms with van der Waals surface area (Å²) in [6.07, 6.45) is -0.669. The van der Waals surface area contributed by atoms with Crippen molar-refractivity contribution in [2.75, 3.05) is 39.5 Å². The summed E-state index contributed by atoms with van der Waals surface area (Å²) in [5.41, 5.74) is 0.305. The predicted octanol–water partition coefficient (Wildman–Crippen LogP) is 4.13. The number of ether oxygens (including phenoxy) is 3. The number of rotatable bonds is 9. The molecule has 0 spiro atoms. The summed E-state index contributed by atoms with van der Waals surface area (Å²) in [6, 6.07) is 4.58. The van der Waals surface area contributed by atoms with Crippen LogP contribution >= 0.6 is 0 Å². The Bertz CT molecular complexity index is 958. The van der Waals surface area contributed by atoms with E-state index in [4.69, 9.17) is 18.7 Å². The molecule has 0 bridgehead atoms. The van der Waals surface area contributed by atoms with Crippen LogP contribution in [0.25, 0.3) is 11.0 Å². The third kappa shape index (κ3) is 6.53. The highest BCUT2D eigenvalue weighted by Gasteiger charge is 2.30. The topological polar surface area (TPSA) is 94.3 Å². The van der Waals surface area contributed by atoms with Gasteiger partial charge in [-0.15, -0.1) is 0 Å². The van der Waals surface area contributed by atoms with Gasteiger partial charge in [-0.1, -0.05) is 6.07 Å². The number of piperidine rings is 1. The second-order valence-electron chi connectivity index (χ2n) is 8.96. The highest BCUT2D eigenvalue weighted by atomic mass is 19.4. The second-order valence-corrected chi connectivity index (χ2v) is 8.96. The minimum absolute atomic E-state index is 0.00915. The molecule has 1 aromatic carbocycles. The van der Waals surface area contributed by atoms with Crippen LogP contribution in [0.1, 0.15) is 32.1 Å². The van der Waals surface area contributed by atoms with Gasteiger partial charge < -0.3 is 28.7 Å². The van der Waals surface area contributed by atoms with Crippen LogP contribution in [0.2, 0.25) is 0 Å². The van der Waals surface area contributed by atoms with Crippen LogP contribution in [-0.2, 0) is 9.53 Å². The summed E-state index contributed by atoms with van der Waals surface area (Å²) in [5, 5.41) is 13.4. The number of aromatic nitrogens is 1. The number of carboxylic acid groups (broad SMARTS) is 1. The molecule has 2 aliphatic heterocycles. The van der Waals surface area contributed by atoms with E-state index < -0.39 is 18.8 Å². The SMILES string of the molecule is O=C(O)C1CCOC(CCN2CCC(COc3noc4cccc(OCC(F)(F)F)c34)CC2)C1. The molecule has 3 heterocycles. The van der Waals surface area contributed by atoms with E-state index in [0.29, 0.717) is 37.0 Å². The van der Waals surface area contributed by atoms with Gasteiger partial charge in [0.2, 0.25) is 0 Å². The van der Waals surface area contributed by atoms with Crippen molar-refractivity contribution in [2.24, 2.45) is 11.8 Å². The minimum atomic E-state index is -4.45. The van der Waals surface area contributed by atoms with Crippen molar-refractivity contribution in [1.82, 2.24) is 10.1 Å². The maximum atomic E-state index is 12.6. The van der Waals surface area contributed by atoms with Crippen LogP contribution < -0.4 is 9.47 Å². The van der Waals surface area contributed by atoms with E-state index in [0.717, 1.165) is 38.9 Å². The third-order valence-electron chi connectivity index (χ3n) is 6.47. The van der Waals surface area contributed by atoms with E-state index in [2.05, 4.69) is 10.1 Å². The molecule has 0 aliphatic carbocycles. The van der Waals surface area contributed by atoms with Gasteiger partial charge in [0.25, 0.3) is 5.88 Å². The molecule has 2 atom stereocenters. The maximum absolute atomic E-state index is 12.6. The van der Waals surface area contributed by atoms with Crippen molar-refractivity contribution in [1.29, 1.82) is 0 Å². The largest absolute Gasteiger partial charge is 0.483 e. The molecule has 2 fully saturated rings. The number of aliphatic carboxylic acids is 1. The Hall–Kier alpha value is -2.53. The number of halogens is 3. The molecule has 0 saturated carbocycles. The summed E-state index contributed by atoms with van der Waals surface area (Å²) in [4.78, 5) is 13.6. The molecule has 2 aromatic rings. The summed E-state index contributed by atoms with van der Waals surface area (Å²) in [6.45, 7) is 2.12. The van der Waals surface area contributed by atoms with Crippen LogP contribution in [0, 0.1) is 11.8 Å². The Morgan fingerprint density at radius 1 is 1.21 bits per heavy atom. The second kappa shape index (κ2) is 10.8. The molecular weight excluding hydrogens is 457 g/mol. The lowest BCUT2D eigenvalue weighted by Gasteiger charge is -2.33. The normalized spacial score (nSPS) is 22.7. The van der Waals surface area contributed by atoms with E-state index in [1.165, 1.54) is 6.07 Å². The fraction of sp³-hybridized carbons (Fsp3) is 0.652. The number of nitrogens with zero attached hydrogens (tertiary/aromatic N) is 2. The Labute approximate surface area is 194 Å². The fourth-order valence-electron chi connectivity index (χ4n) is 4.52. The molecule has 1 N–H and O–H groups in total. The van der Waals surface area contributed by atoms with Crippen LogP contribution in [0.4, 0.5) is 13.2 Å². The van der Waals surface area contributed by atoms with E-state index in [1.807, 2.05) is 0 Å². The van der Waals surface area contributed by atoms with E-state index in [1.54, 1.807) is 12.1 Å². The fourth-order valence-corrected chi connectivity index (χ4v) is 4.52. The molecule has 0 amide bonds. The van der Waals surface area contributed by atoms with E-state index in [-0.39, 0.29) is 29.6 Å². The average Bonchev–Trinajstić information content (AvgIpc) is 3.24. The predicted molar refractivity (Wildman–Crippen MR) is 115 cm³/mol. The first-order valence-corrected chi connectivity index (χ1v) is 11.6. The smallest absolute Gasteiger partial charge is 0.422 e. The maximum Gasteiger partial charge on any atom is 0.422 e. The van der Waals surface area contributed by atoms with Crippen LogP contribution in [0.5, 0.6) is 11.6 Å². The summed E-state index contributed by atoms with van der Waals surface area (Å²) in [7, 11) is 0. The summed E-state index contributed by atoms with van der Waals surface area (Å²) < 4.78 is 59.4. The number of fused-ring (bicyclic) bond motifs is 1. The zero-order valence-electron chi connectivity index (χ0n) is 18.8. The van der Waals surface area contributed by atoms with Gasteiger partial charge in [-0.05, 0) is 68.4 Å². The standard InChI is InChI=1S/C23H29F3N2O6/c24-23(25,26)14-33-18-2-1-3-19-20(18)21(27-34-19)32-13-15-4-8-28(9-5-15)10-6-17-12-16(22(29)30)7-11-31-17/h1-3,15-17H,4-14H2,(H,29,30). The summed E-state index contributed by atoms with van der Waals surface area (Å²) in [5.74, 6) is -0.608. The van der Waals surface area contributed by atoms with Crippen molar-refractivity contribution < 1.29 is 41.8 Å². The lowest BCUT2D eigenvalue weighted by molar-refractivity contribution is -0.153. The van der Waals surface area contributed by atoms with Crippen molar-refractivity contribution in [3.63, 3.8) is 0 Å². The first-order chi connectivity index (χ1) is 16.3. The van der Waals surface area contributed by atoms with Gasteiger partial charge in [0.05, 0.1) is 18.6 Å². The summed E-state index contributed by atoms with van der Waals surface area (Å²) >= 11 is 0. The van der Waals surface area contributed by atoms with Gasteiger partial charge in [0.1, 0.15) is 11.1 Å². The van der Waals surface area contributed by atoms with Gasteiger partial charge in [0.15, 0.2) is 12.2 Å². The molecule has 188 valence electrons. The number of likely N-dealkylation sites (tertiary alicyclic amines) is 1. The molecule has 2 saturated heterocycles. The lowest BCUT2D eigenvalue weighted by atomic mass is 9.93. The monoisotopic (exact) mass is 486 g/mol. The Morgan fingerprint density at radius 2 is 2.00 bits per heavy atom. The minimum Gasteiger partial charge on any atom is -0.483 e. The van der Waals surface area contributed by atoms with Gasteiger partial charge >= 0.3 is 12.1 Å². The number of carbonyl (C=O) groups is 1. The van der Waals surface area contributed by atoms with Crippen LogP contribution in [0.15, 0.2) is 22.7 Å². The van der Waals surface area contributed by atoms with Crippen molar-refractivity contribution >= 4 is 16.9 Å². The first kappa shape index (κ1) is 24.6. The Kier molecular flexibility index (Phi) is 7.82. The Balaban J connectivity index is 1.23. The van der Waals surface area contributed by atoms with Crippen molar-refractivity contribution in [3.8, 4) is 11.6 Å². The first-order valence-electron chi connectivity index (χ1n) is 11.6. The molecule has 2 aliphatic rings. The van der Waals surface area contributed by atoms with Gasteiger partial charge in [0, 0.05) is 13.2 Å². The highest BCUT2D eigenvalue weighted by molar-refractivity contribution is 5.88. The van der Waals surface area contributed by atoms with Gasteiger partial charge in [-0.3, -0.25) is 4.79 Å². The number of carboxylic acids is 1. The number of benzene rings is 1. The molecule has 0 radical (unpaired) electrons. The van der Waals surface area contributed by atoms with Gasteiger partial charge in [-0.2, -0.15) is 13.2 Å². The highest BCUT2D eigenvalue weighted by Crippen LogP contribution is 2.35. The Morgan fingerprint density at radius 3 is 2.74 bits per heavy atom. The van der Waals surface area contributed by atoms with Crippen LogP contribution in [0.3, 0.4) is 0 Å². The zero-order valence-corrected chi connectivity index (χ0v) is 18.8. The third-order valence-corrected chi connectivity index (χ3v) is 6.47. The van der Waals surface area contributed by atoms with Crippen molar-refractivity contribution in [2.45, 2.75) is 44.4 Å². The number of alkyl halides is 3. The molecule has 8 nitrogen and oxygen atoms in total. The molecule has 1 aromatic heterocycles. The number of hydrogen-bond acceptors (Lipinski definition) is 7. The van der Waals surface area contributed by atoms with E-state index in [9.17, 15) is 23.1 Å². The molecule has 11 heteroatoms. The number of hydrogen-bond donors (Lipinski definition) is 1.